The Morgan fingerprint density at radius 3 is 2.63 bits per heavy atom. The van der Waals surface area contributed by atoms with Gasteiger partial charge in [0.25, 0.3) is 0 Å². The second kappa shape index (κ2) is 8.03. The van der Waals surface area contributed by atoms with Gasteiger partial charge in [-0.1, -0.05) is 18.2 Å². The van der Waals surface area contributed by atoms with E-state index in [0.717, 1.165) is 12.1 Å². The predicted molar refractivity (Wildman–Crippen MR) is 103 cm³/mol. The minimum Gasteiger partial charge on any atom is -0.390 e. The topological polar surface area (TPSA) is 110 Å². The molecule has 1 saturated carbocycles. The molecular weight excluding hydrogens is 392 g/mol. The summed E-state index contributed by atoms with van der Waals surface area (Å²) in [5, 5.41) is 41.6. The van der Waals surface area contributed by atoms with Crippen LogP contribution in [0.2, 0.25) is 0 Å². The fourth-order valence-electron chi connectivity index (χ4n) is 4.27. The lowest BCUT2D eigenvalue weighted by Gasteiger charge is -2.22. The quantitative estimate of drug-likeness (QED) is 0.608. The molecular formula is C22H19F2N3O3. The molecule has 3 N–H and O–H groups in total. The number of fused-ring (bicyclic) bond motifs is 1. The van der Waals surface area contributed by atoms with Crippen molar-refractivity contribution in [2.24, 2.45) is 11.8 Å². The summed E-state index contributed by atoms with van der Waals surface area (Å²) in [6.45, 7) is 0. The number of para-hydroxylation sites is 1. The van der Waals surface area contributed by atoms with E-state index >= 15 is 0 Å². The van der Waals surface area contributed by atoms with E-state index in [-0.39, 0.29) is 12.0 Å². The van der Waals surface area contributed by atoms with Crippen molar-refractivity contribution in [2.45, 2.75) is 31.2 Å². The number of hydrogen-bond donors (Lipinski definition) is 3. The minimum atomic E-state index is -1.26. The molecule has 3 aromatic rings. The van der Waals surface area contributed by atoms with E-state index < -0.39 is 41.8 Å². The number of nitrogens with zero attached hydrogens (tertiary/aromatic N) is 3. The molecule has 5 atom stereocenters. The highest BCUT2D eigenvalue weighted by Gasteiger charge is 2.45. The second-order valence-corrected chi connectivity index (χ2v) is 7.60. The third kappa shape index (κ3) is 3.52. The van der Waals surface area contributed by atoms with Gasteiger partial charge < -0.3 is 15.3 Å². The molecule has 0 amide bonds. The first kappa shape index (κ1) is 20.3. The molecule has 1 heterocycles. The molecule has 0 spiro atoms. The standard InChI is InChI=1S/C22H19F2N3O3/c23-16-5-4-11(7-17(16)24)20(28)15-6-13(21(29)22(15)30)8-18-14-3-1-2-12(9-25)19(14)27-10-26-18/h1-5,7,10,13,15,20-22,28-30H,6,8H2/t13-,15+,20?,21-,22+/m0/s1. The van der Waals surface area contributed by atoms with Crippen LogP contribution in [-0.2, 0) is 6.42 Å². The van der Waals surface area contributed by atoms with Gasteiger partial charge in [0.15, 0.2) is 11.6 Å². The Labute approximate surface area is 171 Å². The normalized spacial score (nSPS) is 24.7. The molecule has 0 bridgehead atoms. The Hall–Kier alpha value is -2.99. The van der Waals surface area contributed by atoms with Gasteiger partial charge in [-0.3, -0.25) is 0 Å². The Bertz CT molecular complexity index is 1130. The van der Waals surface area contributed by atoms with Gasteiger partial charge >= 0.3 is 0 Å². The summed E-state index contributed by atoms with van der Waals surface area (Å²) in [7, 11) is 0. The highest BCUT2D eigenvalue weighted by Crippen LogP contribution is 2.41. The monoisotopic (exact) mass is 411 g/mol. The molecule has 2 aromatic carbocycles. The van der Waals surface area contributed by atoms with E-state index in [0.29, 0.717) is 28.6 Å². The molecule has 4 rings (SSSR count). The lowest BCUT2D eigenvalue weighted by Crippen LogP contribution is -2.31. The summed E-state index contributed by atoms with van der Waals surface area (Å²) >= 11 is 0. The fraction of sp³-hybridized carbons (Fsp3) is 0.318. The lowest BCUT2D eigenvalue weighted by molar-refractivity contribution is -0.0278. The molecule has 1 fully saturated rings. The lowest BCUT2D eigenvalue weighted by atomic mass is 9.91. The van der Waals surface area contributed by atoms with E-state index in [9.17, 15) is 29.4 Å². The Kier molecular flexibility index (Phi) is 5.43. The summed E-state index contributed by atoms with van der Waals surface area (Å²) in [4.78, 5) is 8.46. The average Bonchev–Trinajstić information content (AvgIpc) is 3.03. The van der Waals surface area contributed by atoms with E-state index in [1.165, 1.54) is 12.4 Å². The van der Waals surface area contributed by atoms with E-state index in [1.54, 1.807) is 18.2 Å². The van der Waals surface area contributed by atoms with Crippen molar-refractivity contribution < 1.29 is 24.1 Å². The molecule has 0 radical (unpaired) electrons. The number of hydrogen-bond acceptors (Lipinski definition) is 6. The predicted octanol–water partition coefficient (Wildman–Crippen LogP) is 2.41. The zero-order valence-corrected chi connectivity index (χ0v) is 15.8. The second-order valence-electron chi connectivity index (χ2n) is 7.60. The van der Waals surface area contributed by atoms with Crippen LogP contribution in [0, 0.1) is 34.8 Å². The van der Waals surface area contributed by atoms with Crippen LogP contribution in [0.15, 0.2) is 42.7 Å². The van der Waals surface area contributed by atoms with Gasteiger partial charge in [0.1, 0.15) is 12.4 Å². The first-order chi connectivity index (χ1) is 14.4. The fourth-order valence-corrected chi connectivity index (χ4v) is 4.27. The molecule has 154 valence electrons. The van der Waals surface area contributed by atoms with Gasteiger partial charge in [-0.05, 0) is 42.5 Å². The SMILES string of the molecule is N#Cc1cccc2c(C[C@@H]3C[C@H](C(O)c4ccc(F)c(F)c4)[C@@H](O)[C@H]3O)ncnc12. The van der Waals surface area contributed by atoms with Crippen LogP contribution in [0.3, 0.4) is 0 Å². The van der Waals surface area contributed by atoms with Crippen molar-refractivity contribution in [3.05, 3.63) is 71.2 Å². The van der Waals surface area contributed by atoms with Crippen molar-refractivity contribution in [1.29, 1.82) is 5.26 Å². The number of halogens is 2. The number of aliphatic hydroxyl groups is 3. The Morgan fingerprint density at radius 2 is 1.90 bits per heavy atom. The van der Waals surface area contributed by atoms with Gasteiger partial charge in [-0.15, -0.1) is 0 Å². The first-order valence-electron chi connectivity index (χ1n) is 9.52. The zero-order valence-electron chi connectivity index (χ0n) is 15.8. The van der Waals surface area contributed by atoms with Crippen molar-refractivity contribution in [1.82, 2.24) is 9.97 Å². The largest absolute Gasteiger partial charge is 0.390 e. The van der Waals surface area contributed by atoms with Crippen LogP contribution < -0.4 is 0 Å². The van der Waals surface area contributed by atoms with Crippen LogP contribution in [0.25, 0.3) is 10.9 Å². The summed E-state index contributed by atoms with van der Waals surface area (Å²) in [6.07, 6.45) is -1.72. The molecule has 0 saturated heterocycles. The van der Waals surface area contributed by atoms with Gasteiger partial charge in [-0.2, -0.15) is 5.26 Å². The summed E-state index contributed by atoms with van der Waals surface area (Å²) in [6, 6.07) is 10.3. The third-order valence-corrected chi connectivity index (χ3v) is 5.86. The van der Waals surface area contributed by atoms with Gasteiger partial charge in [0.05, 0.1) is 35.1 Å². The van der Waals surface area contributed by atoms with E-state index in [1.807, 2.05) is 0 Å². The number of nitriles is 1. The van der Waals surface area contributed by atoms with Crippen molar-refractivity contribution in [3.63, 3.8) is 0 Å². The first-order valence-corrected chi connectivity index (χ1v) is 9.52. The zero-order chi connectivity index (χ0) is 21.4. The number of benzene rings is 2. The van der Waals surface area contributed by atoms with Crippen LogP contribution in [0.4, 0.5) is 8.78 Å². The van der Waals surface area contributed by atoms with Crippen LogP contribution >= 0.6 is 0 Å². The summed E-state index contributed by atoms with van der Waals surface area (Å²) in [5.74, 6) is -3.29. The van der Waals surface area contributed by atoms with Crippen molar-refractivity contribution in [2.75, 3.05) is 0 Å². The van der Waals surface area contributed by atoms with Crippen molar-refractivity contribution >= 4 is 10.9 Å². The maximum Gasteiger partial charge on any atom is 0.159 e. The van der Waals surface area contributed by atoms with Crippen LogP contribution in [0.5, 0.6) is 0 Å². The average molecular weight is 411 g/mol. The third-order valence-electron chi connectivity index (χ3n) is 5.86. The highest BCUT2D eigenvalue weighted by atomic mass is 19.2. The van der Waals surface area contributed by atoms with E-state index in [2.05, 4.69) is 16.0 Å². The van der Waals surface area contributed by atoms with Gasteiger partial charge in [0.2, 0.25) is 0 Å². The molecule has 1 aromatic heterocycles. The van der Waals surface area contributed by atoms with Gasteiger partial charge in [-0.25, -0.2) is 18.7 Å². The molecule has 8 heteroatoms. The number of aliphatic hydroxyl groups excluding tert-OH is 3. The molecule has 1 unspecified atom stereocenters. The van der Waals surface area contributed by atoms with Crippen LogP contribution in [-0.4, -0.2) is 37.5 Å². The summed E-state index contributed by atoms with van der Waals surface area (Å²) < 4.78 is 26.7. The highest BCUT2D eigenvalue weighted by molar-refractivity contribution is 5.85. The summed E-state index contributed by atoms with van der Waals surface area (Å²) in [5.41, 5.74) is 1.68. The Morgan fingerprint density at radius 1 is 1.10 bits per heavy atom. The molecule has 1 aliphatic rings. The van der Waals surface area contributed by atoms with Gasteiger partial charge in [0, 0.05) is 11.3 Å². The van der Waals surface area contributed by atoms with Crippen molar-refractivity contribution in [3.8, 4) is 6.07 Å². The molecule has 30 heavy (non-hydrogen) atoms. The minimum absolute atomic E-state index is 0.136. The number of rotatable bonds is 4. The molecule has 1 aliphatic carbocycles. The van der Waals surface area contributed by atoms with E-state index in [4.69, 9.17) is 0 Å². The van der Waals surface area contributed by atoms with Crippen LogP contribution in [0.1, 0.15) is 29.3 Å². The Balaban J connectivity index is 1.59. The smallest absolute Gasteiger partial charge is 0.159 e. The maximum atomic E-state index is 13.5. The maximum absolute atomic E-state index is 13.5. The molecule has 0 aliphatic heterocycles. The number of aromatic nitrogens is 2. The molecule has 6 nitrogen and oxygen atoms in total.